The highest BCUT2D eigenvalue weighted by atomic mass is 16.3. The first-order valence-corrected chi connectivity index (χ1v) is 19.5. The van der Waals surface area contributed by atoms with Crippen molar-refractivity contribution < 1.29 is 4.42 Å². The fourth-order valence-electron chi connectivity index (χ4n) is 9.10. The summed E-state index contributed by atoms with van der Waals surface area (Å²) in [6.45, 7) is 0. The molecule has 3 nitrogen and oxygen atoms in total. The molecule has 0 atom stereocenters. The molecule has 0 radical (unpaired) electrons. The van der Waals surface area contributed by atoms with Gasteiger partial charge in [0.15, 0.2) is 0 Å². The topological polar surface area (TPSA) is 20.8 Å². The van der Waals surface area contributed by atoms with Gasteiger partial charge in [-0.3, -0.25) is 0 Å². The van der Waals surface area contributed by atoms with Crippen molar-refractivity contribution >= 4 is 77.1 Å². The zero-order chi connectivity index (χ0) is 37.5. The normalized spacial score (nSPS) is 11.9. The molecule has 3 heterocycles. The van der Waals surface area contributed by atoms with Gasteiger partial charge in [-0.25, -0.2) is 0 Å². The average molecular weight is 727 g/mol. The fourth-order valence-corrected chi connectivity index (χ4v) is 9.10. The Morgan fingerprint density at radius 3 is 1.60 bits per heavy atom. The average Bonchev–Trinajstić information content (AvgIpc) is 3.95. The van der Waals surface area contributed by atoms with E-state index in [2.05, 4.69) is 203 Å². The van der Waals surface area contributed by atoms with E-state index in [1.54, 1.807) is 0 Å². The molecule has 57 heavy (non-hydrogen) atoms. The van der Waals surface area contributed by atoms with Crippen LogP contribution in [0.4, 0.5) is 17.1 Å². The summed E-state index contributed by atoms with van der Waals surface area (Å²) in [6, 6.07) is 74.6. The molecule has 0 bridgehead atoms. The minimum Gasteiger partial charge on any atom is -0.456 e. The Balaban J connectivity index is 1.12. The number of aromatic nitrogens is 1. The van der Waals surface area contributed by atoms with Crippen LogP contribution in [0.5, 0.6) is 0 Å². The van der Waals surface area contributed by atoms with E-state index in [0.29, 0.717) is 0 Å². The maximum absolute atomic E-state index is 6.17. The molecule has 12 rings (SSSR count). The Kier molecular flexibility index (Phi) is 6.93. The van der Waals surface area contributed by atoms with Crippen LogP contribution in [0, 0.1) is 0 Å². The predicted octanol–water partition coefficient (Wildman–Crippen LogP) is 15.2. The van der Waals surface area contributed by atoms with Crippen molar-refractivity contribution in [2.75, 3.05) is 4.90 Å². The van der Waals surface area contributed by atoms with E-state index in [9.17, 15) is 0 Å². The first kappa shape index (κ1) is 31.7. The molecule has 0 N–H and O–H groups in total. The van der Waals surface area contributed by atoms with Crippen molar-refractivity contribution in [2.45, 2.75) is 0 Å². The number of anilines is 3. The molecule has 0 aliphatic rings. The molecule has 3 heteroatoms. The summed E-state index contributed by atoms with van der Waals surface area (Å²) in [6.07, 6.45) is 0. The maximum Gasteiger partial charge on any atom is 0.135 e. The number of furan rings is 1. The van der Waals surface area contributed by atoms with E-state index in [1.807, 2.05) is 12.1 Å². The molecular weight excluding hydrogens is 693 g/mol. The highest BCUT2D eigenvalue weighted by molar-refractivity contribution is 6.25. The van der Waals surface area contributed by atoms with E-state index >= 15 is 0 Å². The molecule has 0 aliphatic carbocycles. The Morgan fingerprint density at radius 1 is 0.316 bits per heavy atom. The molecule has 12 aromatic rings. The number of fused-ring (bicyclic) bond motifs is 9. The lowest BCUT2D eigenvalue weighted by Crippen LogP contribution is -2.11. The van der Waals surface area contributed by atoms with E-state index < -0.39 is 0 Å². The Bertz CT molecular complexity index is 3390. The van der Waals surface area contributed by atoms with Crippen LogP contribution in [0.25, 0.3) is 93.4 Å². The number of hydrogen-bond acceptors (Lipinski definition) is 2. The molecule has 0 fully saturated rings. The van der Waals surface area contributed by atoms with E-state index in [4.69, 9.17) is 4.42 Å². The summed E-state index contributed by atoms with van der Waals surface area (Å²) >= 11 is 0. The molecule has 3 aromatic heterocycles. The molecular formula is C54H34N2O. The minimum absolute atomic E-state index is 0.904. The number of rotatable bonds is 6. The zero-order valence-electron chi connectivity index (χ0n) is 30.9. The Labute approximate surface area is 329 Å². The third-order valence-electron chi connectivity index (χ3n) is 11.7. The maximum atomic E-state index is 6.17. The molecule has 0 aliphatic heterocycles. The summed E-state index contributed by atoms with van der Waals surface area (Å²) < 4.78 is 8.66. The highest BCUT2D eigenvalue weighted by Crippen LogP contribution is 2.47. The van der Waals surface area contributed by atoms with Crippen molar-refractivity contribution in [2.24, 2.45) is 0 Å². The number of benzene rings is 9. The predicted molar refractivity (Wildman–Crippen MR) is 239 cm³/mol. The number of hydrogen-bond donors (Lipinski definition) is 0. The second-order valence-corrected chi connectivity index (χ2v) is 14.9. The lowest BCUT2D eigenvalue weighted by atomic mass is 9.97. The van der Waals surface area contributed by atoms with Crippen molar-refractivity contribution in [3.8, 4) is 33.4 Å². The van der Waals surface area contributed by atoms with Gasteiger partial charge in [0.25, 0.3) is 0 Å². The van der Waals surface area contributed by atoms with Crippen LogP contribution < -0.4 is 4.90 Å². The van der Waals surface area contributed by atoms with Crippen molar-refractivity contribution in [3.05, 3.63) is 206 Å². The van der Waals surface area contributed by atoms with Gasteiger partial charge in [0, 0.05) is 43.7 Å². The summed E-state index contributed by atoms with van der Waals surface area (Å²) in [5.41, 5.74) is 15.8. The summed E-state index contributed by atoms with van der Waals surface area (Å²) in [5.74, 6) is 0. The molecule has 0 amide bonds. The van der Waals surface area contributed by atoms with Crippen LogP contribution in [0.3, 0.4) is 0 Å². The first-order valence-electron chi connectivity index (χ1n) is 19.5. The second-order valence-electron chi connectivity index (χ2n) is 14.9. The standard InChI is InChI=1S/C54H34N2O/c1-3-13-35(14-4-1)39-31-40(36-15-5-2-6-16-36)33-42(32-39)55(41-28-25-37(26-29-41)38-27-30-52-48(34-38)44-18-8-10-24-51(44)57-52)50-23-12-21-47-46-20-11-19-45-43-17-7-9-22-49(43)56(53(45)46)54(47)50/h1-34H. The Hall–Kier alpha value is -7.62. The third-order valence-corrected chi connectivity index (χ3v) is 11.7. The van der Waals surface area contributed by atoms with Crippen LogP contribution in [-0.2, 0) is 0 Å². The van der Waals surface area contributed by atoms with Crippen LogP contribution >= 0.6 is 0 Å². The SMILES string of the molecule is c1ccc(-c2cc(-c3ccccc3)cc(N(c3ccc(-c4ccc5oc6ccccc6c5c4)cc3)c3cccc4c5cccc6c7ccccc7n(c34)c65)c2)cc1. The second kappa shape index (κ2) is 12.5. The summed E-state index contributed by atoms with van der Waals surface area (Å²) in [7, 11) is 0. The van der Waals surface area contributed by atoms with Crippen LogP contribution in [0.2, 0.25) is 0 Å². The quantitative estimate of drug-likeness (QED) is 0.170. The summed E-state index contributed by atoms with van der Waals surface area (Å²) in [5, 5.41) is 7.32. The van der Waals surface area contributed by atoms with Gasteiger partial charge >= 0.3 is 0 Å². The van der Waals surface area contributed by atoms with Gasteiger partial charge in [-0.1, -0.05) is 146 Å². The van der Waals surface area contributed by atoms with Gasteiger partial charge in [-0.15, -0.1) is 0 Å². The fraction of sp³-hybridized carbons (Fsp3) is 0. The van der Waals surface area contributed by atoms with E-state index in [1.165, 1.54) is 60.3 Å². The number of nitrogens with zero attached hydrogens (tertiary/aromatic N) is 2. The molecule has 9 aromatic carbocycles. The van der Waals surface area contributed by atoms with Gasteiger partial charge in [0.05, 0.1) is 22.2 Å². The largest absolute Gasteiger partial charge is 0.456 e. The minimum atomic E-state index is 0.904. The monoisotopic (exact) mass is 726 g/mol. The molecule has 0 saturated heterocycles. The Morgan fingerprint density at radius 2 is 0.860 bits per heavy atom. The lowest BCUT2D eigenvalue weighted by molar-refractivity contribution is 0.669. The summed E-state index contributed by atoms with van der Waals surface area (Å²) in [4.78, 5) is 2.46. The van der Waals surface area contributed by atoms with Crippen LogP contribution in [-0.4, -0.2) is 4.40 Å². The number of para-hydroxylation sites is 4. The van der Waals surface area contributed by atoms with Gasteiger partial charge in [-0.05, 0) is 94.0 Å². The molecule has 0 unspecified atom stereocenters. The van der Waals surface area contributed by atoms with E-state index in [-0.39, 0.29) is 0 Å². The van der Waals surface area contributed by atoms with E-state index in [0.717, 1.165) is 50.1 Å². The van der Waals surface area contributed by atoms with Crippen molar-refractivity contribution in [3.63, 3.8) is 0 Å². The molecule has 0 spiro atoms. The molecule has 266 valence electrons. The van der Waals surface area contributed by atoms with Gasteiger partial charge in [-0.2, -0.15) is 0 Å². The van der Waals surface area contributed by atoms with Crippen molar-refractivity contribution in [1.82, 2.24) is 4.40 Å². The lowest BCUT2D eigenvalue weighted by Gasteiger charge is -2.28. The first-order chi connectivity index (χ1) is 28.3. The zero-order valence-corrected chi connectivity index (χ0v) is 30.9. The smallest absolute Gasteiger partial charge is 0.135 e. The van der Waals surface area contributed by atoms with Crippen molar-refractivity contribution in [1.29, 1.82) is 0 Å². The van der Waals surface area contributed by atoms with Gasteiger partial charge in [0.2, 0.25) is 0 Å². The third kappa shape index (κ3) is 4.92. The van der Waals surface area contributed by atoms with Gasteiger partial charge < -0.3 is 13.7 Å². The van der Waals surface area contributed by atoms with Gasteiger partial charge in [0.1, 0.15) is 11.2 Å². The molecule has 0 saturated carbocycles. The van der Waals surface area contributed by atoms with Crippen LogP contribution in [0.15, 0.2) is 211 Å². The van der Waals surface area contributed by atoms with Crippen LogP contribution in [0.1, 0.15) is 0 Å². The highest BCUT2D eigenvalue weighted by Gasteiger charge is 2.24.